The first-order chi connectivity index (χ1) is 13.3. The number of esters is 1. The van der Waals surface area contributed by atoms with Gasteiger partial charge in [-0.2, -0.15) is 0 Å². The lowest BCUT2D eigenvalue weighted by atomic mass is 10.1. The zero-order valence-electron chi connectivity index (χ0n) is 16.1. The first kappa shape index (κ1) is 22.3. The van der Waals surface area contributed by atoms with Gasteiger partial charge in [0.2, 0.25) is 0 Å². The Morgan fingerprint density at radius 3 is 2.57 bits per heavy atom. The van der Waals surface area contributed by atoms with Gasteiger partial charge in [-0.05, 0) is 79.2 Å². The second kappa shape index (κ2) is 9.97. The molecule has 1 aromatic carbocycles. The average Bonchev–Trinajstić information content (AvgIpc) is 2.86. The number of halogens is 1. The zero-order valence-corrected chi connectivity index (χ0v) is 18.5. The van der Waals surface area contributed by atoms with Crippen LogP contribution >= 0.6 is 27.7 Å². The van der Waals surface area contributed by atoms with Crippen molar-refractivity contribution in [2.45, 2.75) is 33.8 Å². The fourth-order valence-corrected chi connectivity index (χ4v) is 3.80. The molecule has 7 nitrogen and oxygen atoms in total. The summed E-state index contributed by atoms with van der Waals surface area (Å²) in [4.78, 5) is 37.3. The number of hydrogen-bond acceptors (Lipinski definition) is 7. The van der Waals surface area contributed by atoms with E-state index in [1.165, 1.54) is 0 Å². The summed E-state index contributed by atoms with van der Waals surface area (Å²) in [6, 6.07) is 3.52. The standard InChI is InChI=1S/C19H22BrNO6S/c1-5-25-14-8-12(7-13(20)17(14)27-11(3)4)9-15-18(23)21(19(24)28-15)10-16(22)26-6-2/h7-9,11H,5-6,10H2,1-4H3/b15-9+. The summed E-state index contributed by atoms with van der Waals surface area (Å²) in [5.74, 6) is -0.0470. The molecule has 152 valence electrons. The van der Waals surface area contributed by atoms with Gasteiger partial charge in [0.15, 0.2) is 11.5 Å². The van der Waals surface area contributed by atoms with Crippen molar-refractivity contribution in [2.75, 3.05) is 19.8 Å². The minimum Gasteiger partial charge on any atom is -0.490 e. The van der Waals surface area contributed by atoms with E-state index < -0.39 is 23.7 Å². The normalized spacial score (nSPS) is 15.5. The number of ether oxygens (including phenoxy) is 3. The molecule has 0 aromatic heterocycles. The molecule has 0 bridgehead atoms. The molecule has 1 aromatic rings. The SMILES string of the molecule is CCOC(=O)CN1C(=O)S/C(=C/c2cc(Br)c(OC(C)C)c(OCC)c2)C1=O. The molecule has 0 aliphatic carbocycles. The number of rotatable bonds is 8. The Kier molecular flexibility index (Phi) is 7.94. The lowest BCUT2D eigenvalue weighted by molar-refractivity contribution is -0.145. The summed E-state index contributed by atoms with van der Waals surface area (Å²) in [5.41, 5.74) is 0.660. The molecule has 2 amide bonds. The van der Waals surface area contributed by atoms with E-state index in [0.29, 0.717) is 28.1 Å². The van der Waals surface area contributed by atoms with E-state index in [2.05, 4.69) is 15.9 Å². The van der Waals surface area contributed by atoms with E-state index >= 15 is 0 Å². The Labute approximate surface area is 176 Å². The van der Waals surface area contributed by atoms with E-state index in [9.17, 15) is 14.4 Å². The monoisotopic (exact) mass is 471 g/mol. The van der Waals surface area contributed by atoms with Crippen LogP contribution in [0.4, 0.5) is 4.79 Å². The fraction of sp³-hybridized carbons (Fsp3) is 0.421. The van der Waals surface area contributed by atoms with Gasteiger partial charge in [0.25, 0.3) is 11.1 Å². The number of benzene rings is 1. The number of amides is 2. The maximum atomic E-state index is 12.5. The molecule has 9 heteroatoms. The van der Waals surface area contributed by atoms with Crippen molar-refractivity contribution >= 4 is 50.9 Å². The second-order valence-electron chi connectivity index (χ2n) is 6.00. The Morgan fingerprint density at radius 1 is 1.25 bits per heavy atom. The summed E-state index contributed by atoms with van der Waals surface area (Å²) in [6.45, 7) is 7.58. The molecule has 0 unspecified atom stereocenters. The largest absolute Gasteiger partial charge is 0.490 e. The van der Waals surface area contributed by atoms with Gasteiger partial charge in [0.05, 0.1) is 28.7 Å². The highest BCUT2D eigenvalue weighted by atomic mass is 79.9. The molecule has 0 spiro atoms. The maximum Gasteiger partial charge on any atom is 0.326 e. The van der Waals surface area contributed by atoms with Crippen molar-refractivity contribution in [2.24, 2.45) is 0 Å². The maximum absolute atomic E-state index is 12.5. The molecule has 1 aliphatic rings. The fourth-order valence-electron chi connectivity index (χ4n) is 2.41. The van der Waals surface area contributed by atoms with Gasteiger partial charge in [0, 0.05) is 0 Å². The Balaban J connectivity index is 2.30. The molecule has 0 atom stereocenters. The minimum absolute atomic E-state index is 0.0410. The molecule has 2 rings (SSSR count). The Hall–Kier alpha value is -2.00. The predicted molar refractivity (Wildman–Crippen MR) is 110 cm³/mol. The first-order valence-corrected chi connectivity index (χ1v) is 10.4. The highest BCUT2D eigenvalue weighted by Gasteiger charge is 2.36. The van der Waals surface area contributed by atoms with E-state index in [1.807, 2.05) is 20.8 Å². The van der Waals surface area contributed by atoms with Gasteiger partial charge < -0.3 is 14.2 Å². The van der Waals surface area contributed by atoms with Crippen LogP contribution < -0.4 is 9.47 Å². The minimum atomic E-state index is -0.623. The molecule has 28 heavy (non-hydrogen) atoms. The van der Waals surface area contributed by atoms with Crippen molar-refractivity contribution in [3.8, 4) is 11.5 Å². The average molecular weight is 472 g/mol. The topological polar surface area (TPSA) is 82.1 Å². The van der Waals surface area contributed by atoms with Gasteiger partial charge in [0.1, 0.15) is 6.54 Å². The van der Waals surface area contributed by atoms with Crippen LogP contribution in [0, 0.1) is 0 Å². The van der Waals surface area contributed by atoms with Gasteiger partial charge in [-0.25, -0.2) is 0 Å². The molecular formula is C19H22BrNO6S. The Morgan fingerprint density at radius 2 is 1.96 bits per heavy atom. The molecule has 1 heterocycles. The lowest BCUT2D eigenvalue weighted by Gasteiger charge is -2.17. The third-order valence-corrected chi connectivity index (χ3v) is 4.95. The van der Waals surface area contributed by atoms with Crippen LogP contribution in [0.2, 0.25) is 0 Å². The van der Waals surface area contributed by atoms with Gasteiger partial charge >= 0.3 is 5.97 Å². The first-order valence-electron chi connectivity index (χ1n) is 8.80. The van der Waals surface area contributed by atoms with E-state index in [-0.39, 0.29) is 17.6 Å². The van der Waals surface area contributed by atoms with E-state index in [1.54, 1.807) is 25.1 Å². The molecule has 0 saturated carbocycles. The molecule has 1 fully saturated rings. The smallest absolute Gasteiger partial charge is 0.326 e. The summed E-state index contributed by atoms with van der Waals surface area (Å²) in [7, 11) is 0. The van der Waals surface area contributed by atoms with Crippen molar-refractivity contribution in [3.05, 3.63) is 27.1 Å². The number of hydrogen-bond donors (Lipinski definition) is 0. The van der Waals surface area contributed by atoms with Crippen LogP contribution in [0.3, 0.4) is 0 Å². The third kappa shape index (κ3) is 5.51. The number of imide groups is 1. The van der Waals surface area contributed by atoms with E-state index in [0.717, 1.165) is 16.7 Å². The van der Waals surface area contributed by atoms with Crippen LogP contribution in [0.5, 0.6) is 11.5 Å². The highest BCUT2D eigenvalue weighted by Crippen LogP contribution is 2.39. The van der Waals surface area contributed by atoms with Crippen LogP contribution in [0.25, 0.3) is 6.08 Å². The molecular weight excluding hydrogens is 450 g/mol. The van der Waals surface area contributed by atoms with Crippen LogP contribution in [-0.4, -0.2) is 47.9 Å². The third-order valence-electron chi connectivity index (χ3n) is 3.45. The number of carbonyl (C=O) groups excluding carboxylic acids is 3. The summed E-state index contributed by atoms with van der Waals surface area (Å²) >= 11 is 4.25. The van der Waals surface area contributed by atoms with Crippen LogP contribution in [0.15, 0.2) is 21.5 Å². The zero-order chi connectivity index (χ0) is 20.8. The lowest BCUT2D eigenvalue weighted by Crippen LogP contribution is -2.34. The predicted octanol–water partition coefficient (Wildman–Crippen LogP) is 4.23. The van der Waals surface area contributed by atoms with Gasteiger partial charge in [-0.1, -0.05) is 0 Å². The number of thioether (sulfide) groups is 1. The van der Waals surface area contributed by atoms with Crippen molar-refractivity contribution < 1.29 is 28.6 Å². The van der Waals surface area contributed by atoms with Gasteiger partial charge in [-0.3, -0.25) is 19.3 Å². The number of carbonyl (C=O) groups is 3. The Bertz CT molecular complexity index is 808. The molecule has 1 saturated heterocycles. The van der Waals surface area contributed by atoms with Crippen molar-refractivity contribution in [1.82, 2.24) is 4.90 Å². The van der Waals surface area contributed by atoms with E-state index in [4.69, 9.17) is 14.2 Å². The highest BCUT2D eigenvalue weighted by molar-refractivity contribution is 9.10. The number of nitrogens with zero attached hydrogens (tertiary/aromatic N) is 1. The molecule has 1 aliphatic heterocycles. The molecule has 0 N–H and O–H groups in total. The summed E-state index contributed by atoms with van der Waals surface area (Å²) in [5, 5.41) is -0.506. The van der Waals surface area contributed by atoms with Crippen molar-refractivity contribution in [1.29, 1.82) is 0 Å². The molecule has 0 radical (unpaired) electrons. The quantitative estimate of drug-likeness (QED) is 0.414. The summed E-state index contributed by atoms with van der Waals surface area (Å²) in [6.07, 6.45) is 1.54. The van der Waals surface area contributed by atoms with Crippen LogP contribution in [-0.2, 0) is 14.3 Å². The van der Waals surface area contributed by atoms with Crippen LogP contribution in [0.1, 0.15) is 33.3 Å². The summed E-state index contributed by atoms with van der Waals surface area (Å²) < 4.78 is 16.9. The second-order valence-corrected chi connectivity index (χ2v) is 7.85. The van der Waals surface area contributed by atoms with Gasteiger partial charge in [-0.15, -0.1) is 0 Å². The van der Waals surface area contributed by atoms with Crippen molar-refractivity contribution in [3.63, 3.8) is 0 Å².